The second-order valence-electron chi connectivity index (χ2n) is 6.34. The van der Waals surface area contributed by atoms with Crippen molar-refractivity contribution in [1.82, 2.24) is 15.1 Å². The van der Waals surface area contributed by atoms with E-state index in [4.69, 9.17) is 4.74 Å². The van der Waals surface area contributed by atoms with Gasteiger partial charge in [0.2, 0.25) is 0 Å². The van der Waals surface area contributed by atoms with Crippen molar-refractivity contribution in [3.8, 4) is 5.75 Å². The minimum absolute atomic E-state index is 0.306. The quantitative estimate of drug-likeness (QED) is 0.852. The molecule has 5 heteroatoms. The predicted molar refractivity (Wildman–Crippen MR) is 84.7 cm³/mol. The first-order chi connectivity index (χ1) is 10.5. The Labute approximate surface area is 130 Å². The molecule has 0 N–H and O–H groups in total. The van der Waals surface area contributed by atoms with Gasteiger partial charge in [-0.1, -0.05) is 0 Å². The van der Waals surface area contributed by atoms with E-state index in [-0.39, 0.29) is 5.82 Å². The molecule has 22 heavy (non-hydrogen) atoms. The Hall–Kier alpha value is -1.75. The lowest BCUT2D eigenvalue weighted by atomic mass is 9.85. The zero-order valence-electron chi connectivity index (χ0n) is 13.5. The van der Waals surface area contributed by atoms with Crippen LogP contribution in [0.1, 0.15) is 38.3 Å². The molecule has 1 aliphatic heterocycles. The fourth-order valence-electron chi connectivity index (χ4n) is 3.34. The van der Waals surface area contributed by atoms with E-state index < -0.39 is 0 Å². The predicted octanol–water partition coefficient (Wildman–Crippen LogP) is 3.36. The van der Waals surface area contributed by atoms with Gasteiger partial charge in [-0.3, -0.25) is 0 Å². The first kappa shape index (κ1) is 15.2. The summed E-state index contributed by atoms with van der Waals surface area (Å²) in [5, 5.41) is 9.08. The van der Waals surface area contributed by atoms with E-state index in [9.17, 15) is 4.39 Å². The molecule has 0 radical (unpaired) electrons. The standard InChI is InChI=1S/C17H22FN3O/c1-10-5-12(6-11(2)21(10)3)16-9-14-15(18)7-13(22-4)8-17(14)20-19-16/h7-12H,5-6H2,1-4H3/t10-,11+,12+. The molecule has 1 aromatic carbocycles. The summed E-state index contributed by atoms with van der Waals surface area (Å²) in [5.41, 5.74) is 1.43. The van der Waals surface area contributed by atoms with Gasteiger partial charge in [-0.25, -0.2) is 4.39 Å². The molecular weight excluding hydrogens is 281 g/mol. The van der Waals surface area contributed by atoms with Gasteiger partial charge >= 0.3 is 0 Å². The zero-order chi connectivity index (χ0) is 15.9. The Morgan fingerprint density at radius 3 is 2.45 bits per heavy atom. The van der Waals surface area contributed by atoms with Crippen molar-refractivity contribution < 1.29 is 9.13 Å². The highest BCUT2D eigenvalue weighted by Crippen LogP contribution is 2.34. The third-order valence-corrected chi connectivity index (χ3v) is 4.94. The number of fused-ring (bicyclic) bond motifs is 1. The van der Waals surface area contributed by atoms with Gasteiger partial charge in [0.1, 0.15) is 11.6 Å². The molecule has 0 amide bonds. The topological polar surface area (TPSA) is 38.2 Å². The van der Waals surface area contributed by atoms with E-state index in [2.05, 4.69) is 36.0 Å². The van der Waals surface area contributed by atoms with Gasteiger partial charge in [0.15, 0.2) is 0 Å². The van der Waals surface area contributed by atoms with E-state index in [1.807, 2.05) is 6.07 Å². The summed E-state index contributed by atoms with van der Waals surface area (Å²) < 4.78 is 19.3. The van der Waals surface area contributed by atoms with Crippen LogP contribution in [0.3, 0.4) is 0 Å². The van der Waals surface area contributed by atoms with Crippen LogP contribution in [0.15, 0.2) is 18.2 Å². The largest absolute Gasteiger partial charge is 0.497 e. The lowest BCUT2D eigenvalue weighted by molar-refractivity contribution is 0.121. The second-order valence-corrected chi connectivity index (χ2v) is 6.34. The van der Waals surface area contributed by atoms with Crippen LogP contribution in [-0.4, -0.2) is 41.3 Å². The fraction of sp³-hybridized carbons (Fsp3) is 0.529. The average Bonchev–Trinajstić information content (AvgIpc) is 2.51. The van der Waals surface area contributed by atoms with Crippen LogP contribution in [0.4, 0.5) is 4.39 Å². The summed E-state index contributed by atoms with van der Waals surface area (Å²) in [4.78, 5) is 2.39. The molecule has 118 valence electrons. The van der Waals surface area contributed by atoms with Gasteiger partial charge in [0, 0.05) is 35.5 Å². The first-order valence-corrected chi connectivity index (χ1v) is 7.72. The number of hydrogen-bond acceptors (Lipinski definition) is 4. The molecule has 0 aliphatic carbocycles. The number of aromatic nitrogens is 2. The molecule has 0 unspecified atom stereocenters. The van der Waals surface area contributed by atoms with Gasteiger partial charge in [-0.15, -0.1) is 0 Å². The fourth-order valence-corrected chi connectivity index (χ4v) is 3.34. The second kappa shape index (κ2) is 5.80. The molecule has 1 aliphatic rings. The number of piperidine rings is 1. The van der Waals surface area contributed by atoms with E-state index in [1.54, 1.807) is 6.07 Å². The maximum atomic E-state index is 14.2. The number of benzene rings is 1. The maximum Gasteiger partial charge on any atom is 0.136 e. The molecular formula is C17H22FN3O. The summed E-state index contributed by atoms with van der Waals surface area (Å²) >= 11 is 0. The number of nitrogens with zero attached hydrogens (tertiary/aromatic N) is 3. The lowest BCUT2D eigenvalue weighted by Gasteiger charge is -2.40. The van der Waals surface area contributed by atoms with Gasteiger partial charge in [-0.05, 0) is 39.8 Å². The molecule has 1 aromatic heterocycles. The highest BCUT2D eigenvalue weighted by Gasteiger charge is 2.30. The average molecular weight is 303 g/mol. The van der Waals surface area contributed by atoms with E-state index >= 15 is 0 Å². The van der Waals surface area contributed by atoms with Crippen molar-refractivity contribution in [3.05, 3.63) is 29.7 Å². The van der Waals surface area contributed by atoms with Crippen molar-refractivity contribution in [1.29, 1.82) is 0 Å². The summed E-state index contributed by atoms with van der Waals surface area (Å²) in [6, 6.07) is 5.95. The monoisotopic (exact) mass is 303 g/mol. The number of hydrogen-bond donors (Lipinski definition) is 0. The minimum atomic E-state index is -0.306. The van der Waals surface area contributed by atoms with Crippen LogP contribution < -0.4 is 4.74 Å². The number of rotatable bonds is 2. The Bertz CT molecular complexity index is 679. The number of ether oxygens (including phenoxy) is 1. The van der Waals surface area contributed by atoms with Crippen molar-refractivity contribution in [3.63, 3.8) is 0 Å². The van der Waals surface area contributed by atoms with E-state index in [0.29, 0.717) is 34.7 Å². The summed E-state index contributed by atoms with van der Waals surface area (Å²) in [6.07, 6.45) is 2.05. The van der Waals surface area contributed by atoms with Gasteiger partial charge in [0.25, 0.3) is 0 Å². The number of likely N-dealkylation sites (tertiary alicyclic amines) is 1. The molecule has 2 heterocycles. The normalized spacial score (nSPS) is 26.3. The van der Waals surface area contributed by atoms with E-state index in [0.717, 1.165) is 18.5 Å². The smallest absolute Gasteiger partial charge is 0.136 e. The van der Waals surface area contributed by atoms with Crippen LogP contribution in [0.25, 0.3) is 10.9 Å². The summed E-state index contributed by atoms with van der Waals surface area (Å²) in [6.45, 7) is 4.45. The van der Waals surface area contributed by atoms with Crippen LogP contribution in [-0.2, 0) is 0 Å². The van der Waals surface area contributed by atoms with Gasteiger partial charge < -0.3 is 9.64 Å². The lowest BCUT2D eigenvalue weighted by Crippen LogP contribution is -2.43. The maximum absolute atomic E-state index is 14.2. The number of halogens is 1. The van der Waals surface area contributed by atoms with Gasteiger partial charge in [0.05, 0.1) is 18.3 Å². The summed E-state index contributed by atoms with van der Waals surface area (Å²) in [5.74, 6) is 0.493. The van der Waals surface area contributed by atoms with Crippen molar-refractivity contribution in [2.45, 2.75) is 44.7 Å². The highest BCUT2D eigenvalue weighted by molar-refractivity contribution is 5.80. The molecule has 3 atom stereocenters. The van der Waals surface area contributed by atoms with E-state index in [1.165, 1.54) is 13.2 Å². The Morgan fingerprint density at radius 1 is 1.14 bits per heavy atom. The van der Waals surface area contributed by atoms with Crippen molar-refractivity contribution >= 4 is 10.9 Å². The SMILES string of the molecule is COc1cc(F)c2cc([C@H]3C[C@@H](C)N(C)[C@@H](C)C3)nnc2c1. The number of methoxy groups -OCH3 is 1. The van der Waals surface area contributed by atoms with Crippen molar-refractivity contribution in [2.75, 3.05) is 14.2 Å². The molecule has 0 spiro atoms. The third kappa shape index (κ3) is 2.65. The molecule has 1 fully saturated rings. The minimum Gasteiger partial charge on any atom is -0.497 e. The first-order valence-electron chi connectivity index (χ1n) is 7.72. The summed E-state index contributed by atoms with van der Waals surface area (Å²) in [7, 11) is 3.67. The molecule has 2 aromatic rings. The van der Waals surface area contributed by atoms with Gasteiger partial charge in [-0.2, -0.15) is 10.2 Å². The van der Waals surface area contributed by atoms with Crippen molar-refractivity contribution in [2.24, 2.45) is 0 Å². The highest BCUT2D eigenvalue weighted by atomic mass is 19.1. The third-order valence-electron chi connectivity index (χ3n) is 4.94. The molecule has 0 bridgehead atoms. The van der Waals surface area contributed by atoms with Crippen LogP contribution in [0.5, 0.6) is 5.75 Å². The molecule has 4 nitrogen and oxygen atoms in total. The van der Waals surface area contributed by atoms with Crippen LogP contribution >= 0.6 is 0 Å². The molecule has 1 saturated heterocycles. The Morgan fingerprint density at radius 2 is 1.82 bits per heavy atom. The molecule has 3 rings (SSSR count). The molecule has 0 saturated carbocycles. The van der Waals surface area contributed by atoms with Crippen LogP contribution in [0.2, 0.25) is 0 Å². The van der Waals surface area contributed by atoms with Crippen LogP contribution in [0, 0.1) is 5.82 Å². The Kier molecular flexibility index (Phi) is 4.00. The zero-order valence-corrected chi connectivity index (χ0v) is 13.5. The Balaban J connectivity index is 1.97.